The number of nitrogens with zero attached hydrogens (tertiary/aromatic N) is 1. The number of hydrogen-bond acceptors (Lipinski definition) is 3. The molecule has 102 valence electrons. The Hall–Kier alpha value is -1.33. The van der Waals surface area contributed by atoms with Gasteiger partial charge in [0.1, 0.15) is 21.9 Å². The molecule has 19 heavy (non-hydrogen) atoms. The van der Waals surface area contributed by atoms with Crippen molar-refractivity contribution < 1.29 is 4.74 Å². The quantitative estimate of drug-likeness (QED) is 0.908. The number of methoxy groups -OCH3 is 1. The molecule has 1 aromatic heterocycles. The molecule has 0 saturated heterocycles. The predicted molar refractivity (Wildman–Crippen MR) is 80.5 cm³/mol. The van der Waals surface area contributed by atoms with E-state index < -0.39 is 0 Å². The number of nitrogens with one attached hydrogen (secondary N) is 2. The zero-order chi connectivity index (χ0) is 14.0. The van der Waals surface area contributed by atoms with Crippen molar-refractivity contribution in [2.45, 2.75) is 20.4 Å². The Labute approximate surface area is 121 Å². The first-order chi connectivity index (χ1) is 9.06. The van der Waals surface area contributed by atoms with Gasteiger partial charge in [0.25, 0.3) is 0 Å². The van der Waals surface area contributed by atoms with Crippen molar-refractivity contribution in [3.63, 3.8) is 0 Å². The Morgan fingerprint density at radius 1 is 1.32 bits per heavy atom. The lowest BCUT2D eigenvalue weighted by Crippen LogP contribution is -2.06. The second-order valence-corrected chi connectivity index (χ2v) is 5.31. The average Bonchev–Trinajstić information content (AvgIpc) is 2.70. The van der Waals surface area contributed by atoms with Gasteiger partial charge in [-0.2, -0.15) is 0 Å². The molecule has 2 N–H and O–H groups in total. The highest BCUT2D eigenvalue weighted by Crippen LogP contribution is 2.32. The minimum absolute atomic E-state index is 0.715. The highest BCUT2D eigenvalue weighted by molar-refractivity contribution is 9.10. The number of imidazole rings is 1. The lowest BCUT2D eigenvalue weighted by Gasteiger charge is -2.10. The first kappa shape index (κ1) is 14.1. The molecule has 0 unspecified atom stereocenters. The lowest BCUT2D eigenvalue weighted by molar-refractivity contribution is 0.408. The fourth-order valence-corrected chi connectivity index (χ4v) is 2.80. The van der Waals surface area contributed by atoms with Crippen molar-refractivity contribution >= 4 is 15.9 Å². The minimum atomic E-state index is 0.715. The largest absolute Gasteiger partial charge is 0.496 e. The molecule has 0 spiro atoms. The van der Waals surface area contributed by atoms with Gasteiger partial charge < -0.3 is 15.0 Å². The SMILES string of the molecule is CNCc1nc(-c2cc(C)c(OC)c(C)c2)c(Br)[nH]1. The number of aromatic amines is 1. The zero-order valence-electron chi connectivity index (χ0n) is 11.6. The van der Waals surface area contributed by atoms with Gasteiger partial charge in [0.05, 0.1) is 13.7 Å². The van der Waals surface area contributed by atoms with Gasteiger partial charge in [-0.1, -0.05) is 0 Å². The standard InChI is InChI=1S/C14H18BrN3O/c1-8-5-10(6-9(2)13(8)19-4)12-14(15)18-11(17-12)7-16-3/h5-6,16H,7H2,1-4H3,(H,17,18). The van der Waals surface area contributed by atoms with Crippen LogP contribution in [0.4, 0.5) is 0 Å². The van der Waals surface area contributed by atoms with Crippen molar-refractivity contribution in [1.29, 1.82) is 0 Å². The molecule has 0 amide bonds. The van der Waals surface area contributed by atoms with E-state index in [0.717, 1.165) is 38.6 Å². The van der Waals surface area contributed by atoms with E-state index in [1.165, 1.54) is 0 Å². The normalized spacial score (nSPS) is 10.8. The molecule has 0 radical (unpaired) electrons. The number of halogens is 1. The molecule has 0 aliphatic heterocycles. The van der Waals surface area contributed by atoms with Crippen LogP contribution in [0.1, 0.15) is 17.0 Å². The van der Waals surface area contributed by atoms with E-state index in [4.69, 9.17) is 4.74 Å². The molecule has 5 heteroatoms. The van der Waals surface area contributed by atoms with Crippen molar-refractivity contribution in [3.05, 3.63) is 33.7 Å². The summed E-state index contributed by atoms with van der Waals surface area (Å²) in [7, 11) is 3.60. The molecule has 2 rings (SSSR count). The molecular formula is C14H18BrN3O. The van der Waals surface area contributed by atoms with Crippen LogP contribution in [-0.4, -0.2) is 24.1 Å². The van der Waals surface area contributed by atoms with Gasteiger partial charge in [0.15, 0.2) is 0 Å². The monoisotopic (exact) mass is 323 g/mol. The first-order valence-corrected chi connectivity index (χ1v) is 6.90. The number of benzene rings is 1. The van der Waals surface area contributed by atoms with Crippen molar-refractivity contribution in [3.8, 4) is 17.0 Å². The molecule has 2 aromatic rings. The summed E-state index contributed by atoms with van der Waals surface area (Å²) in [5, 5.41) is 3.08. The topological polar surface area (TPSA) is 49.9 Å². The lowest BCUT2D eigenvalue weighted by atomic mass is 10.0. The van der Waals surface area contributed by atoms with Crippen LogP contribution >= 0.6 is 15.9 Å². The Morgan fingerprint density at radius 2 is 1.95 bits per heavy atom. The molecule has 0 fully saturated rings. The Balaban J connectivity index is 2.47. The molecule has 0 atom stereocenters. The van der Waals surface area contributed by atoms with Gasteiger partial charge in [-0.25, -0.2) is 4.98 Å². The van der Waals surface area contributed by atoms with Gasteiger partial charge >= 0.3 is 0 Å². The minimum Gasteiger partial charge on any atom is -0.496 e. The van der Waals surface area contributed by atoms with E-state index in [1.807, 2.05) is 20.9 Å². The molecule has 0 aliphatic carbocycles. The van der Waals surface area contributed by atoms with Crippen LogP contribution in [0.2, 0.25) is 0 Å². The third-order valence-corrected chi connectivity index (χ3v) is 3.56. The third-order valence-electron chi connectivity index (χ3n) is 2.99. The van der Waals surface area contributed by atoms with Gasteiger partial charge in [0, 0.05) is 5.56 Å². The number of rotatable bonds is 4. The maximum absolute atomic E-state index is 5.39. The van der Waals surface area contributed by atoms with Crippen molar-refractivity contribution in [1.82, 2.24) is 15.3 Å². The Morgan fingerprint density at radius 3 is 2.47 bits per heavy atom. The maximum atomic E-state index is 5.39. The summed E-state index contributed by atoms with van der Waals surface area (Å²) < 4.78 is 6.30. The van der Waals surface area contributed by atoms with Crippen LogP contribution in [0.5, 0.6) is 5.75 Å². The third kappa shape index (κ3) is 2.82. The van der Waals surface area contributed by atoms with E-state index >= 15 is 0 Å². The molecule has 1 aromatic carbocycles. The van der Waals surface area contributed by atoms with Crippen LogP contribution in [-0.2, 0) is 6.54 Å². The van der Waals surface area contributed by atoms with E-state index in [9.17, 15) is 0 Å². The summed E-state index contributed by atoms with van der Waals surface area (Å²) in [6.07, 6.45) is 0. The smallest absolute Gasteiger partial charge is 0.124 e. The van der Waals surface area contributed by atoms with Gasteiger partial charge in [-0.05, 0) is 60.1 Å². The van der Waals surface area contributed by atoms with Gasteiger partial charge in [0.2, 0.25) is 0 Å². The summed E-state index contributed by atoms with van der Waals surface area (Å²) in [5.74, 6) is 1.85. The maximum Gasteiger partial charge on any atom is 0.124 e. The van der Waals surface area contributed by atoms with Crippen LogP contribution < -0.4 is 10.1 Å². The molecule has 1 heterocycles. The molecule has 0 aliphatic rings. The summed E-state index contributed by atoms with van der Waals surface area (Å²) in [4.78, 5) is 7.83. The fraction of sp³-hybridized carbons (Fsp3) is 0.357. The van der Waals surface area contributed by atoms with E-state index in [2.05, 4.69) is 43.3 Å². The molecule has 4 nitrogen and oxygen atoms in total. The molecular weight excluding hydrogens is 306 g/mol. The van der Waals surface area contributed by atoms with E-state index in [0.29, 0.717) is 6.54 Å². The molecule has 0 saturated carbocycles. The second-order valence-electron chi connectivity index (χ2n) is 4.52. The fourth-order valence-electron chi connectivity index (χ4n) is 2.25. The second kappa shape index (κ2) is 5.75. The van der Waals surface area contributed by atoms with E-state index in [1.54, 1.807) is 7.11 Å². The summed E-state index contributed by atoms with van der Waals surface area (Å²) in [6, 6.07) is 4.19. The van der Waals surface area contributed by atoms with Crippen LogP contribution in [0.25, 0.3) is 11.3 Å². The number of aromatic nitrogens is 2. The predicted octanol–water partition coefficient (Wildman–Crippen LogP) is 3.18. The first-order valence-electron chi connectivity index (χ1n) is 6.11. The highest BCUT2D eigenvalue weighted by atomic mass is 79.9. The highest BCUT2D eigenvalue weighted by Gasteiger charge is 2.13. The Bertz CT molecular complexity index is 569. The van der Waals surface area contributed by atoms with Crippen LogP contribution in [0.15, 0.2) is 16.7 Å². The summed E-state index contributed by atoms with van der Waals surface area (Å²) in [5.41, 5.74) is 4.24. The number of hydrogen-bond donors (Lipinski definition) is 2. The van der Waals surface area contributed by atoms with Crippen molar-refractivity contribution in [2.75, 3.05) is 14.2 Å². The summed E-state index contributed by atoms with van der Waals surface area (Å²) >= 11 is 3.53. The van der Waals surface area contributed by atoms with Crippen molar-refractivity contribution in [2.24, 2.45) is 0 Å². The van der Waals surface area contributed by atoms with Crippen LogP contribution in [0, 0.1) is 13.8 Å². The zero-order valence-corrected chi connectivity index (χ0v) is 13.2. The van der Waals surface area contributed by atoms with Crippen LogP contribution in [0.3, 0.4) is 0 Å². The number of H-pyrrole nitrogens is 1. The average molecular weight is 324 g/mol. The Kier molecular flexibility index (Phi) is 4.27. The number of aryl methyl sites for hydroxylation is 2. The van der Waals surface area contributed by atoms with E-state index in [-0.39, 0.29) is 0 Å². The van der Waals surface area contributed by atoms with Gasteiger partial charge in [-0.3, -0.25) is 0 Å². The van der Waals surface area contributed by atoms with Gasteiger partial charge in [-0.15, -0.1) is 0 Å². The number of ether oxygens (including phenoxy) is 1. The summed E-state index contributed by atoms with van der Waals surface area (Å²) in [6.45, 7) is 4.81. The molecule has 0 bridgehead atoms.